The molecule has 0 aliphatic carbocycles. The van der Waals surface area contributed by atoms with Gasteiger partial charge >= 0.3 is 0 Å². The van der Waals surface area contributed by atoms with E-state index in [2.05, 4.69) is 37.4 Å². The maximum atomic E-state index is 5.31. The van der Waals surface area contributed by atoms with Crippen LogP contribution in [0.4, 0.5) is 0 Å². The van der Waals surface area contributed by atoms with Crippen molar-refractivity contribution in [2.75, 3.05) is 26.7 Å². The van der Waals surface area contributed by atoms with Crippen molar-refractivity contribution in [2.24, 2.45) is 0 Å². The zero-order chi connectivity index (χ0) is 12.3. The minimum absolute atomic E-state index is 0.639. The van der Waals surface area contributed by atoms with Crippen molar-refractivity contribution in [2.45, 2.75) is 26.4 Å². The fourth-order valence-corrected chi connectivity index (χ4v) is 2.89. The summed E-state index contributed by atoms with van der Waals surface area (Å²) < 4.78 is 5.31. The van der Waals surface area contributed by atoms with E-state index in [4.69, 9.17) is 4.74 Å². The molecule has 3 nitrogen and oxygen atoms in total. The second-order valence-corrected chi connectivity index (χ2v) is 4.71. The molecular weight excluding hydrogens is 212 g/mol. The molecule has 0 aromatic heterocycles. The molecule has 1 atom stereocenters. The third-order valence-electron chi connectivity index (χ3n) is 3.89. The van der Waals surface area contributed by atoms with E-state index in [0.717, 1.165) is 12.3 Å². The number of nitrogens with one attached hydrogen (secondary N) is 1. The maximum absolute atomic E-state index is 5.31. The van der Waals surface area contributed by atoms with Crippen LogP contribution in [-0.4, -0.2) is 26.7 Å². The van der Waals surface area contributed by atoms with Crippen LogP contribution in [-0.2, 0) is 6.54 Å². The lowest BCUT2D eigenvalue weighted by Gasteiger charge is -2.30. The molecule has 0 amide bonds. The summed E-state index contributed by atoms with van der Waals surface area (Å²) in [7, 11) is 1.74. The molecule has 2 rings (SSSR count). The molecule has 0 spiro atoms. The quantitative estimate of drug-likeness (QED) is 0.741. The average Bonchev–Trinajstić information content (AvgIpc) is 2.39. The predicted molar refractivity (Wildman–Crippen MR) is 68.3 cm³/mol. The average molecular weight is 236 g/mol. The number of benzene rings is 1. The maximum Gasteiger partial charge on any atom is 0.163 e. The SMILES string of the molecule is CC[NH+](CC)[C@@H]1C[NH2+]Cc2cc(OC)ccc21. The molecule has 94 valence electrons. The molecule has 1 aliphatic rings. The van der Waals surface area contributed by atoms with Gasteiger partial charge in [-0.2, -0.15) is 0 Å². The van der Waals surface area contributed by atoms with Crippen molar-refractivity contribution in [1.82, 2.24) is 0 Å². The summed E-state index contributed by atoms with van der Waals surface area (Å²) in [4.78, 5) is 1.67. The van der Waals surface area contributed by atoms with Gasteiger partial charge in [-0.05, 0) is 32.0 Å². The summed E-state index contributed by atoms with van der Waals surface area (Å²) in [6, 6.07) is 7.19. The Hall–Kier alpha value is -1.06. The van der Waals surface area contributed by atoms with Crippen molar-refractivity contribution < 1.29 is 15.0 Å². The number of likely N-dealkylation sites (N-methyl/N-ethyl adjacent to an activating group) is 1. The molecule has 0 saturated heterocycles. The third kappa shape index (κ3) is 2.45. The first kappa shape index (κ1) is 12.4. The summed E-state index contributed by atoms with van der Waals surface area (Å²) in [6.07, 6.45) is 0. The molecule has 17 heavy (non-hydrogen) atoms. The number of quaternary nitrogens is 2. The second-order valence-electron chi connectivity index (χ2n) is 4.71. The van der Waals surface area contributed by atoms with E-state index >= 15 is 0 Å². The van der Waals surface area contributed by atoms with E-state index < -0.39 is 0 Å². The van der Waals surface area contributed by atoms with Crippen molar-refractivity contribution in [3.05, 3.63) is 29.3 Å². The van der Waals surface area contributed by atoms with Gasteiger partial charge in [-0.15, -0.1) is 0 Å². The van der Waals surface area contributed by atoms with E-state index in [9.17, 15) is 0 Å². The molecule has 1 aromatic carbocycles. The predicted octanol–water partition coefficient (Wildman–Crippen LogP) is -0.262. The highest BCUT2D eigenvalue weighted by atomic mass is 16.5. The molecule has 1 aliphatic heterocycles. The van der Waals surface area contributed by atoms with E-state index in [1.54, 1.807) is 12.0 Å². The van der Waals surface area contributed by atoms with Crippen molar-refractivity contribution >= 4 is 0 Å². The lowest BCUT2D eigenvalue weighted by atomic mass is 9.95. The molecule has 3 N–H and O–H groups in total. The van der Waals surface area contributed by atoms with E-state index in [0.29, 0.717) is 6.04 Å². The molecule has 0 saturated carbocycles. The highest BCUT2D eigenvalue weighted by Gasteiger charge is 2.29. The van der Waals surface area contributed by atoms with Crippen LogP contribution in [0.1, 0.15) is 31.0 Å². The first-order valence-corrected chi connectivity index (χ1v) is 6.63. The minimum atomic E-state index is 0.639. The van der Waals surface area contributed by atoms with Gasteiger partial charge < -0.3 is 15.0 Å². The Kier molecular flexibility index (Phi) is 4.02. The van der Waals surface area contributed by atoms with Gasteiger partial charge in [-0.25, -0.2) is 0 Å². The summed E-state index contributed by atoms with van der Waals surface area (Å²) >= 11 is 0. The molecule has 0 bridgehead atoms. The second kappa shape index (κ2) is 5.52. The van der Waals surface area contributed by atoms with Gasteiger partial charge in [0, 0.05) is 11.1 Å². The van der Waals surface area contributed by atoms with Crippen molar-refractivity contribution in [1.29, 1.82) is 0 Å². The van der Waals surface area contributed by atoms with E-state index in [1.807, 2.05) is 0 Å². The first-order chi connectivity index (χ1) is 8.30. The summed E-state index contributed by atoms with van der Waals surface area (Å²) in [5.74, 6) is 0.979. The molecular formula is C14H24N2O+2. The third-order valence-corrected chi connectivity index (χ3v) is 3.89. The zero-order valence-electron chi connectivity index (χ0n) is 11.1. The number of hydrogen-bond donors (Lipinski definition) is 2. The van der Waals surface area contributed by atoms with Gasteiger partial charge in [0.25, 0.3) is 0 Å². The Morgan fingerprint density at radius 3 is 2.76 bits per heavy atom. The van der Waals surface area contributed by atoms with Crippen LogP contribution in [0.3, 0.4) is 0 Å². The van der Waals surface area contributed by atoms with Crippen LogP contribution in [0.25, 0.3) is 0 Å². The Bertz CT molecular complexity index is 374. The Morgan fingerprint density at radius 1 is 1.35 bits per heavy atom. The van der Waals surface area contributed by atoms with Crippen LogP contribution in [0.15, 0.2) is 18.2 Å². The molecule has 0 radical (unpaired) electrons. The summed E-state index contributed by atoms with van der Waals surface area (Å²) in [5, 5.41) is 2.41. The lowest BCUT2D eigenvalue weighted by molar-refractivity contribution is -0.945. The minimum Gasteiger partial charge on any atom is -0.497 e. The van der Waals surface area contributed by atoms with Crippen molar-refractivity contribution in [3.8, 4) is 5.75 Å². The fraction of sp³-hybridized carbons (Fsp3) is 0.571. The number of methoxy groups -OCH3 is 1. The normalized spacial score (nSPS) is 19.2. The Labute approximate surface area is 104 Å². The van der Waals surface area contributed by atoms with Gasteiger partial charge in [-0.1, -0.05) is 0 Å². The standard InChI is InChI=1S/C14H22N2O/c1-4-16(5-2)14-10-15-9-11-8-12(17-3)6-7-13(11)14/h6-8,14-15H,4-5,9-10H2,1-3H3/p+2/t14-/m1/s1. The topological polar surface area (TPSA) is 30.3 Å². The van der Waals surface area contributed by atoms with Crippen LogP contribution in [0, 0.1) is 0 Å². The molecule has 1 heterocycles. The van der Waals surface area contributed by atoms with Crippen molar-refractivity contribution in [3.63, 3.8) is 0 Å². The number of ether oxygens (including phenoxy) is 1. The monoisotopic (exact) mass is 236 g/mol. The van der Waals surface area contributed by atoms with Crippen LogP contribution in [0.2, 0.25) is 0 Å². The Balaban J connectivity index is 2.31. The van der Waals surface area contributed by atoms with Gasteiger partial charge in [-0.3, -0.25) is 0 Å². The lowest BCUT2D eigenvalue weighted by Crippen LogP contribution is -3.14. The van der Waals surface area contributed by atoms with Crippen LogP contribution in [0.5, 0.6) is 5.75 Å². The number of fused-ring (bicyclic) bond motifs is 1. The Morgan fingerprint density at radius 2 is 2.12 bits per heavy atom. The molecule has 0 fully saturated rings. The van der Waals surface area contributed by atoms with Gasteiger partial charge in [0.15, 0.2) is 6.04 Å². The van der Waals surface area contributed by atoms with E-state index in [1.165, 1.54) is 30.8 Å². The van der Waals surface area contributed by atoms with Crippen LogP contribution < -0.4 is 15.0 Å². The largest absolute Gasteiger partial charge is 0.497 e. The highest BCUT2D eigenvalue weighted by Crippen LogP contribution is 2.22. The van der Waals surface area contributed by atoms with Gasteiger partial charge in [0.05, 0.1) is 20.2 Å². The zero-order valence-corrected chi connectivity index (χ0v) is 11.1. The van der Waals surface area contributed by atoms with Gasteiger partial charge in [0.2, 0.25) is 0 Å². The molecule has 1 aromatic rings. The van der Waals surface area contributed by atoms with E-state index in [-0.39, 0.29) is 0 Å². The number of hydrogen-bond acceptors (Lipinski definition) is 1. The molecule has 0 unspecified atom stereocenters. The summed E-state index contributed by atoms with van der Waals surface area (Å²) in [5.41, 5.74) is 2.96. The fourth-order valence-electron chi connectivity index (χ4n) is 2.89. The first-order valence-electron chi connectivity index (χ1n) is 6.63. The highest BCUT2D eigenvalue weighted by molar-refractivity contribution is 5.37. The number of rotatable bonds is 4. The summed E-state index contributed by atoms with van der Waals surface area (Å²) in [6.45, 7) is 9.23. The number of nitrogens with two attached hydrogens (primary N) is 1. The van der Waals surface area contributed by atoms with Crippen LogP contribution >= 0.6 is 0 Å². The molecule has 3 heteroatoms. The van der Waals surface area contributed by atoms with Gasteiger partial charge in [0.1, 0.15) is 18.8 Å². The smallest absolute Gasteiger partial charge is 0.163 e.